The summed E-state index contributed by atoms with van der Waals surface area (Å²) in [7, 11) is 0. The molecule has 0 bridgehead atoms. The van der Waals surface area contributed by atoms with Crippen LogP contribution in [0.25, 0.3) is 0 Å². The van der Waals surface area contributed by atoms with E-state index in [1.165, 1.54) is 0 Å². The summed E-state index contributed by atoms with van der Waals surface area (Å²) in [6, 6.07) is 0. The number of rotatable bonds is 14. The predicted octanol–water partition coefficient (Wildman–Crippen LogP) is -15.1. The Kier molecular flexibility index (Phi) is 26.5. The van der Waals surface area contributed by atoms with Crippen molar-refractivity contribution in [2.45, 2.75) is 12.2 Å². The number of cyclic esters (lactones) is 1. The van der Waals surface area contributed by atoms with Crippen molar-refractivity contribution in [2.24, 2.45) is 0 Å². The van der Waals surface area contributed by atoms with Crippen LogP contribution in [0.4, 0.5) is 0 Å². The molecule has 1 rings (SSSR count). The molecule has 0 amide bonds. The topological polar surface area (TPSA) is 232 Å². The third-order valence-electron chi connectivity index (χ3n) is 3.84. The molecule has 0 aliphatic carbocycles. The van der Waals surface area contributed by atoms with Crippen molar-refractivity contribution >= 4 is 29.8 Å². The minimum atomic E-state index is -1.70. The van der Waals surface area contributed by atoms with Gasteiger partial charge in [-0.3, -0.25) is 29.0 Å². The number of hydrogen-bond acceptors (Lipinski definition) is 12. The molecule has 1 heterocycles. The largest absolute Gasteiger partial charge is 1.00 e. The number of aliphatic carboxylic acids is 3. The molecular weight excluding hydrogens is 520 g/mol. The Bertz CT molecular complexity index is 770. The van der Waals surface area contributed by atoms with E-state index >= 15 is 0 Å². The normalized spacial score (nSPS) is 15.1. The van der Waals surface area contributed by atoms with Gasteiger partial charge in [0.1, 0.15) is 6.10 Å². The zero-order chi connectivity index (χ0) is 23.7. The van der Waals surface area contributed by atoms with E-state index in [2.05, 4.69) is 4.74 Å². The number of carbonyl (C=O) groups is 5. The van der Waals surface area contributed by atoms with Crippen molar-refractivity contribution in [3.05, 3.63) is 11.5 Å². The summed E-state index contributed by atoms with van der Waals surface area (Å²) in [6.45, 7) is -4.05. The van der Waals surface area contributed by atoms with Crippen LogP contribution in [0.1, 0.15) is 5.71 Å². The molecule has 1 aliphatic rings. The molecule has 0 saturated carbocycles. The Labute approximate surface area is 293 Å². The van der Waals surface area contributed by atoms with Crippen molar-refractivity contribution in [1.82, 2.24) is 9.80 Å². The zero-order valence-corrected chi connectivity index (χ0v) is 28.0. The van der Waals surface area contributed by atoms with E-state index in [1.807, 2.05) is 0 Å². The van der Waals surface area contributed by atoms with E-state index < -0.39 is 86.4 Å². The van der Waals surface area contributed by atoms with Gasteiger partial charge >= 0.3 is 148 Å². The molecule has 0 radical (unpaired) electrons. The first-order valence-corrected chi connectivity index (χ1v) is 8.68. The predicted molar refractivity (Wildman–Crippen MR) is 99.0 cm³/mol. The van der Waals surface area contributed by atoms with Crippen molar-refractivity contribution < 1.29 is 188 Å². The summed E-state index contributed by atoms with van der Waals surface area (Å²) >= 11 is 0. The smallest absolute Gasteiger partial charge is 1.00 e. The number of hydrogen-bond donors (Lipinski definition) is 6. The maximum Gasteiger partial charge on any atom is 1.00 e. The van der Waals surface area contributed by atoms with Crippen LogP contribution in [-0.2, 0) is 33.4 Å². The SMILES string of the molecule is O=C(O)CN(CCN(CC(=O)O)CC(=O)OC1=C(O)C(=O)O[C@@H]1[C@@H](O)CO)CC(=O)O.[H-].[H-].[H-].[H-].[Na+].[Na+].[Na+].[Na+]. The van der Waals surface area contributed by atoms with E-state index in [0.29, 0.717) is 0 Å². The molecule has 15 nitrogen and oxygen atoms in total. The molecule has 182 valence electrons. The molecule has 0 aromatic carbocycles. The Morgan fingerprint density at radius 2 is 1.29 bits per heavy atom. The Balaban J connectivity index is -0.000000200. The van der Waals surface area contributed by atoms with Crippen LogP contribution in [0.2, 0.25) is 0 Å². The maximum atomic E-state index is 12.2. The first-order chi connectivity index (χ1) is 14.4. The van der Waals surface area contributed by atoms with Gasteiger partial charge < -0.3 is 45.8 Å². The van der Waals surface area contributed by atoms with E-state index in [0.717, 1.165) is 9.80 Å². The monoisotopic (exact) mass is 546 g/mol. The number of esters is 2. The van der Waals surface area contributed by atoms with Crippen LogP contribution in [0.3, 0.4) is 0 Å². The van der Waals surface area contributed by atoms with Gasteiger partial charge in [-0.05, 0) is 0 Å². The molecule has 0 saturated heterocycles. The molecular formula is C16H26N2Na4O13. The van der Waals surface area contributed by atoms with Gasteiger partial charge in [-0.15, -0.1) is 0 Å². The number of aliphatic hydroxyl groups excluding tert-OH is 3. The molecule has 0 fully saturated rings. The van der Waals surface area contributed by atoms with Crippen LogP contribution in [0.5, 0.6) is 0 Å². The van der Waals surface area contributed by atoms with Gasteiger partial charge in [0.25, 0.3) is 0 Å². The van der Waals surface area contributed by atoms with Gasteiger partial charge in [0.05, 0.1) is 32.8 Å². The molecule has 2 atom stereocenters. The standard InChI is InChI=1S/C16H22N2O13.4Na.4H/c19-7-8(20)14-15(13(28)16(29)31-14)30-12(27)6-18(5-11(25)26)2-1-17(3-9(21)22)4-10(23)24;;;;;;;;/h8,14,19-20,28H,1-7H2,(H,21,22)(H,23,24)(H,25,26);;;;;;;;/q;4*+1;4*-1/t8-,14+;;;;;;;;/m0......../s1. The van der Waals surface area contributed by atoms with Gasteiger partial charge in [-0.1, -0.05) is 0 Å². The van der Waals surface area contributed by atoms with Crippen LogP contribution < -0.4 is 118 Å². The van der Waals surface area contributed by atoms with Crippen LogP contribution in [-0.4, -0.2) is 128 Å². The third-order valence-corrected chi connectivity index (χ3v) is 3.84. The number of carboxylic acids is 3. The first-order valence-electron chi connectivity index (χ1n) is 8.68. The summed E-state index contributed by atoms with van der Waals surface area (Å²) in [4.78, 5) is 58.3. The molecule has 1 aliphatic heterocycles. The van der Waals surface area contributed by atoms with E-state index in [-0.39, 0.29) is 137 Å². The van der Waals surface area contributed by atoms with Gasteiger partial charge in [0.15, 0.2) is 6.10 Å². The van der Waals surface area contributed by atoms with Crippen LogP contribution in [0.15, 0.2) is 11.5 Å². The second kappa shape index (κ2) is 21.6. The molecule has 0 unspecified atom stereocenters. The van der Waals surface area contributed by atoms with Crippen molar-refractivity contribution in [3.8, 4) is 0 Å². The Morgan fingerprint density at radius 1 is 0.886 bits per heavy atom. The van der Waals surface area contributed by atoms with E-state index in [1.54, 1.807) is 0 Å². The second-order valence-electron chi connectivity index (χ2n) is 6.37. The first kappa shape index (κ1) is 42.8. The van der Waals surface area contributed by atoms with E-state index in [9.17, 15) is 34.2 Å². The number of ether oxygens (including phenoxy) is 2. The fraction of sp³-hybridized carbons (Fsp3) is 0.562. The minimum absolute atomic E-state index is 0. The summed E-state index contributed by atoms with van der Waals surface area (Å²) in [5, 5.41) is 54.9. The zero-order valence-electron chi connectivity index (χ0n) is 24.0. The summed E-state index contributed by atoms with van der Waals surface area (Å²) in [5.74, 6) is -8.32. The maximum absolute atomic E-state index is 12.2. The summed E-state index contributed by atoms with van der Waals surface area (Å²) in [6.07, 6.45) is -3.36. The van der Waals surface area contributed by atoms with Gasteiger partial charge in [0, 0.05) is 13.1 Å². The van der Waals surface area contributed by atoms with Gasteiger partial charge in [0.2, 0.25) is 11.5 Å². The number of carbonyl (C=O) groups excluding carboxylic acids is 2. The molecule has 35 heavy (non-hydrogen) atoms. The number of aliphatic hydroxyl groups is 3. The van der Waals surface area contributed by atoms with Crippen LogP contribution in [0, 0.1) is 0 Å². The van der Waals surface area contributed by atoms with Crippen LogP contribution >= 0.6 is 0 Å². The third kappa shape index (κ3) is 16.3. The molecule has 19 heteroatoms. The molecule has 0 aromatic heterocycles. The fourth-order valence-corrected chi connectivity index (χ4v) is 2.54. The Morgan fingerprint density at radius 3 is 1.66 bits per heavy atom. The minimum Gasteiger partial charge on any atom is -1.00 e. The van der Waals surface area contributed by atoms with Crippen molar-refractivity contribution in [3.63, 3.8) is 0 Å². The van der Waals surface area contributed by atoms with Crippen molar-refractivity contribution in [1.29, 1.82) is 0 Å². The van der Waals surface area contributed by atoms with E-state index in [4.69, 9.17) is 25.2 Å². The molecule has 0 spiro atoms. The second-order valence-corrected chi connectivity index (χ2v) is 6.37. The number of carboxylic acid groups (broad SMARTS) is 3. The van der Waals surface area contributed by atoms with Gasteiger partial charge in [-0.2, -0.15) is 0 Å². The Hall–Kier alpha value is 0.730. The average Bonchev–Trinajstić information content (AvgIpc) is 2.92. The number of nitrogens with zero attached hydrogens (tertiary/aromatic N) is 2. The molecule has 6 N–H and O–H groups in total. The quantitative estimate of drug-likeness (QED) is 0.0877. The summed E-state index contributed by atoms with van der Waals surface area (Å²) in [5.41, 5.74) is 0. The van der Waals surface area contributed by atoms with Crippen molar-refractivity contribution in [2.75, 3.05) is 45.9 Å². The average molecular weight is 546 g/mol. The summed E-state index contributed by atoms with van der Waals surface area (Å²) < 4.78 is 9.40. The van der Waals surface area contributed by atoms with Gasteiger partial charge in [-0.25, -0.2) is 4.79 Å². The molecule has 0 aromatic rings. The fourth-order valence-electron chi connectivity index (χ4n) is 2.54.